The van der Waals surface area contributed by atoms with Crippen LogP contribution in [0.2, 0.25) is 0 Å². The molecule has 1 aliphatic heterocycles. The van der Waals surface area contributed by atoms with Crippen molar-refractivity contribution in [2.75, 3.05) is 25.5 Å². The van der Waals surface area contributed by atoms with Gasteiger partial charge in [0.05, 0.1) is 7.11 Å². The summed E-state index contributed by atoms with van der Waals surface area (Å²) in [4.78, 5) is 14.9. The third kappa shape index (κ3) is 3.95. The van der Waals surface area contributed by atoms with Crippen molar-refractivity contribution in [3.8, 4) is 5.75 Å². The van der Waals surface area contributed by atoms with Gasteiger partial charge in [-0.1, -0.05) is 30.3 Å². The molecular weight excluding hydrogens is 338 g/mol. The van der Waals surface area contributed by atoms with E-state index in [0.29, 0.717) is 13.1 Å². The zero-order valence-corrected chi connectivity index (χ0v) is 14.7. The van der Waals surface area contributed by atoms with E-state index in [9.17, 15) is 13.6 Å². The summed E-state index contributed by atoms with van der Waals surface area (Å²) >= 11 is 0. The average Bonchev–Trinajstić information content (AvgIpc) is 2.67. The first-order chi connectivity index (χ1) is 12.6. The number of carbonyl (C=O) groups excluding carboxylic acids is 1. The van der Waals surface area contributed by atoms with Crippen molar-refractivity contribution in [2.24, 2.45) is 0 Å². The lowest BCUT2D eigenvalue weighted by atomic mass is 10.0. The monoisotopic (exact) mass is 360 g/mol. The quantitative estimate of drug-likeness (QED) is 0.871. The second-order valence-corrected chi connectivity index (χ2v) is 6.35. The summed E-state index contributed by atoms with van der Waals surface area (Å²) in [6, 6.07) is 10.8. The fourth-order valence-electron chi connectivity index (χ4n) is 3.23. The Bertz CT molecular complexity index is 739. The Balaban J connectivity index is 1.90. The largest absolute Gasteiger partial charge is 0.491 e. The van der Waals surface area contributed by atoms with Crippen LogP contribution in [0, 0.1) is 11.6 Å². The summed E-state index contributed by atoms with van der Waals surface area (Å²) in [5.41, 5.74) is 0.944. The predicted molar refractivity (Wildman–Crippen MR) is 96.1 cm³/mol. The van der Waals surface area contributed by atoms with Gasteiger partial charge in [0.25, 0.3) is 0 Å². The molecule has 1 amide bonds. The van der Waals surface area contributed by atoms with Gasteiger partial charge < -0.3 is 15.0 Å². The van der Waals surface area contributed by atoms with Gasteiger partial charge in [-0.2, -0.15) is 0 Å². The van der Waals surface area contributed by atoms with Gasteiger partial charge in [0.15, 0.2) is 17.4 Å². The Kier molecular flexibility index (Phi) is 5.71. The minimum atomic E-state index is -0.813. The molecule has 1 saturated heterocycles. The van der Waals surface area contributed by atoms with E-state index in [1.54, 1.807) is 0 Å². The molecule has 0 aliphatic carbocycles. The van der Waals surface area contributed by atoms with E-state index < -0.39 is 23.4 Å². The SMILES string of the molecule is COc1c(F)cc(N[C@H](C(=O)N2CCCCC2)c2ccccc2)cc1F. The number of hydrogen-bond acceptors (Lipinski definition) is 3. The lowest BCUT2D eigenvalue weighted by Gasteiger charge is -2.31. The number of nitrogens with one attached hydrogen (secondary N) is 1. The van der Waals surface area contributed by atoms with E-state index in [2.05, 4.69) is 5.32 Å². The van der Waals surface area contributed by atoms with Crippen molar-refractivity contribution in [1.82, 2.24) is 4.90 Å². The maximum absolute atomic E-state index is 14.0. The van der Waals surface area contributed by atoms with Gasteiger partial charge in [0.1, 0.15) is 6.04 Å². The Morgan fingerprint density at radius 3 is 2.27 bits per heavy atom. The number of halogens is 2. The first-order valence-corrected chi connectivity index (χ1v) is 8.73. The maximum Gasteiger partial charge on any atom is 0.249 e. The van der Waals surface area contributed by atoms with Crippen molar-refractivity contribution in [3.05, 3.63) is 59.7 Å². The van der Waals surface area contributed by atoms with Gasteiger partial charge in [-0.3, -0.25) is 4.79 Å². The second-order valence-electron chi connectivity index (χ2n) is 6.35. The molecule has 1 aliphatic rings. The van der Waals surface area contributed by atoms with E-state index in [1.807, 2.05) is 35.2 Å². The van der Waals surface area contributed by atoms with Crippen molar-refractivity contribution in [2.45, 2.75) is 25.3 Å². The molecule has 0 saturated carbocycles. The third-order valence-corrected chi connectivity index (χ3v) is 4.56. The molecule has 6 heteroatoms. The highest BCUT2D eigenvalue weighted by Gasteiger charge is 2.27. The summed E-state index contributed by atoms with van der Waals surface area (Å²) in [6.45, 7) is 1.41. The van der Waals surface area contributed by atoms with Crippen molar-refractivity contribution >= 4 is 11.6 Å². The fourth-order valence-corrected chi connectivity index (χ4v) is 3.23. The van der Waals surface area contributed by atoms with Crippen LogP contribution >= 0.6 is 0 Å². The molecule has 0 spiro atoms. The summed E-state index contributed by atoms with van der Waals surface area (Å²) in [7, 11) is 1.21. The molecule has 3 rings (SSSR count). The molecule has 2 aromatic carbocycles. The van der Waals surface area contributed by atoms with Crippen LogP contribution < -0.4 is 10.1 Å². The molecular formula is C20H22F2N2O2. The number of benzene rings is 2. The zero-order valence-electron chi connectivity index (χ0n) is 14.7. The smallest absolute Gasteiger partial charge is 0.249 e. The number of carbonyl (C=O) groups is 1. The molecule has 0 radical (unpaired) electrons. The van der Waals surface area contributed by atoms with Crippen molar-refractivity contribution < 1.29 is 18.3 Å². The van der Waals surface area contributed by atoms with E-state index in [-0.39, 0.29) is 11.6 Å². The summed E-state index contributed by atoms with van der Waals surface area (Å²) in [5.74, 6) is -2.15. The maximum atomic E-state index is 14.0. The normalized spacial score (nSPS) is 15.4. The Labute approximate surface area is 151 Å². The first-order valence-electron chi connectivity index (χ1n) is 8.73. The van der Waals surface area contributed by atoms with Crippen LogP contribution in [0.25, 0.3) is 0 Å². The summed E-state index contributed by atoms with van der Waals surface area (Å²) < 4.78 is 32.7. The molecule has 138 valence electrons. The molecule has 2 aromatic rings. The van der Waals surface area contributed by atoms with Crippen LogP contribution in [0.15, 0.2) is 42.5 Å². The van der Waals surface area contributed by atoms with Crippen LogP contribution in [0.4, 0.5) is 14.5 Å². The molecule has 4 nitrogen and oxygen atoms in total. The fraction of sp³-hybridized carbons (Fsp3) is 0.350. The number of ether oxygens (including phenoxy) is 1. The van der Waals surface area contributed by atoms with E-state index in [1.165, 1.54) is 7.11 Å². The highest BCUT2D eigenvalue weighted by molar-refractivity contribution is 5.86. The third-order valence-electron chi connectivity index (χ3n) is 4.56. The number of likely N-dealkylation sites (tertiary alicyclic amines) is 1. The second kappa shape index (κ2) is 8.17. The van der Waals surface area contributed by atoms with E-state index in [0.717, 1.165) is 37.0 Å². The number of piperidine rings is 1. The number of hydrogen-bond donors (Lipinski definition) is 1. The molecule has 26 heavy (non-hydrogen) atoms. The summed E-state index contributed by atoms with van der Waals surface area (Å²) in [5, 5.41) is 3.00. The molecule has 0 aromatic heterocycles. The first kappa shape index (κ1) is 18.2. The van der Waals surface area contributed by atoms with Gasteiger partial charge in [0.2, 0.25) is 5.91 Å². The number of amides is 1. The predicted octanol–water partition coefficient (Wildman–Crippen LogP) is 4.14. The van der Waals surface area contributed by atoms with Crippen molar-refractivity contribution in [3.63, 3.8) is 0 Å². The van der Waals surface area contributed by atoms with Gasteiger partial charge in [-0.15, -0.1) is 0 Å². The molecule has 0 bridgehead atoms. The topological polar surface area (TPSA) is 41.6 Å². The minimum Gasteiger partial charge on any atom is -0.491 e. The highest BCUT2D eigenvalue weighted by atomic mass is 19.1. The van der Waals surface area contributed by atoms with Crippen LogP contribution in [0.5, 0.6) is 5.75 Å². The Hall–Kier alpha value is -2.63. The molecule has 1 fully saturated rings. The lowest BCUT2D eigenvalue weighted by Crippen LogP contribution is -2.41. The van der Waals surface area contributed by atoms with E-state index in [4.69, 9.17) is 4.74 Å². The zero-order chi connectivity index (χ0) is 18.5. The number of rotatable bonds is 5. The molecule has 1 atom stereocenters. The van der Waals surface area contributed by atoms with Crippen LogP contribution in [-0.4, -0.2) is 31.0 Å². The Morgan fingerprint density at radius 1 is 1.08 bits per heavy atom. The van der Waals surface area contributed by atoms with Gasteiger partial charge >= 0.3 is 0 Å². The van der Waals surface area contributed by atoms with Gasteiger partial charge in [-0.05, 0) is 24.8 Å². The van der Waals surface area contributed by atoms with Gasteiger partial charge in [-0.25, -0.2) is 8.78 Å². The standard InChI is InChI=1S/C20H22F2N2O2/c1-26-19-16(21)12-15(13-17(19)22)23-18(14-8-4-2-5-9-14)20(25)24-10-6-3-7-11-24/h2,4-5,8-9,12-13,18,23H,3,6-7,10-11H2,1H3/t18-/m0/s1. The number of nitrogens with zero attached hydrogens (tertiary/aromatic N) is 1. The molecule has 1 heterocycles. The lowest BCUT2D eigenvalue weighted by molar-refractivity contribution is -0.133. The highest BCUT2D eigenvalue weighted by Crippen LogP contribution is 2.29. The number of methoxy groups -OCH3 is 1. The van der Waals surface area contributed by atoms with E-state index >= 15 is 0 Å². The van der Waals surface area contributed by atoms with Crippen molar-refractivity contribution in [1.29, 1.82) is 0 Å². The van der Waals surface area contributed by atoms with Crippen LogP contribution in [-0.2, 0) is 4.79 Å². The van der Waals surface area contributed by atoms with Gasteiger partial charge in [0, 0.05) is 30.9 Å². The Morgan fingerprint density at radius 2 is 1.69 bits per heavy atom. The minimum absolute atomic E-state index is 0.0902. The molecule has 0 unspecified atom stereocenters. The summed E-state index contributed by atoms with van der Waals surface area (Å²) in [6.07, 6.45) is 3.06. The average molecular weight is 360 g/mol. The van der Waals surface area contributed by atoms with Crippen LogP contribution in [0.1, 0.15) is 30.9 Å². The number of anilines is 1. The molecule has 1 N–H and O–H groups in total. The van der Waals surface area contributed by atoms with Crippen LogP contribution in [0.3, 0.4) is 0 Å².